The number of nitrogens with one attached hydrogen (secondary N) is 1. The molecule has 0 unspecified atom stereocenters. The summed E-state index contributed by atoms with van der Waals surface area (Å²) >= 11 is 0. The lowest BCUT2D eigenvalue weighted by Gasteiger charge is -2.09. The van der Waals surface area contributed by atoms with E-state index < -0.39 is 21.1 Å². The Balaban J connectivity index is 1.91. The lowest BCUT2D eigenvalue weighted by Crippen LogP contribution is -2.25. The average Bonchev–Trinajstić information content (AvgIpc) is 2.67. The van der Waals surface area contributed by atoms with Crippen molar-refractivity contribution >= 4 is 21.7 Å². The van der Waals surface area contributed by atoms with Crippen molar-refractivity contribution in [2.24, 2.45) is 0 Å². The Hall–Kier alpha value is -2.67. The molecule has 0 fully saturated rings. The first kappa shape index (κ1) is 20.6. The predicted octanol–water partition coefficient (Wildman–Crippen LogP) is 2.63. The maximum Gasteiger partial charge on any atom is 0.337 e. The molecule has 1 N–H and O–H groups in total. The van der Waals surface area contributed by atoms with E-state index in [0.29, 0.717) is 24.1 Å². The molecule has 0 saturated carbocycles. The van der Waals surface area contributed by atoms with Gasteiger partial charge in [-0.25, -0.2) is 13.2 Å². The first-order valence-electron chi connectivity index (χ1n) is 8.55. The molecule has 2 aromatic rings. The second-order valence-corrected chi connectivity index (χ2v) is 8.82. The maximum atomic E-state index is 12.2. The van der Waals surface area contributed by atoms with Gasteiger partial charge >= 0.3 is 5.97 Å². The first-order valence-corrected chi connectivity index (χ1v) is 10.1. The zero-order chi connectivity index (χ0) is 20.0. The number of carbonyl (C=O) groups is 2. The zero-order valence-corrected chi connectivity index (χ0v) is 16.4. The highest BCUT2D eigenvalue weighted by molar-refractivity contribution is 7.92. The van der Waals surface area contributed by atoms with Gasteiger partial charge in [0.2, 0.25) is 0 Å². The molecule has 7 heteroatoms. The van der Waals surface area contributed by atoms with Gasteiger partial charge in [0.05, 0.1) is 22.8 Å². The normalized spacial score (nSPS) is 11.3. The van der Waals surface area contributed by atoms with Crippen LogP contribution in [-0.4, -0.2) is 39.2 Å². The molecule has 6 nitrogen and oxygen atoms in total. The van der Waals surface area contributed by atoms with Crippen molar-refractivity contribution in [2.75, 3.05) is 13.7 Å². The van der Waals surface area contributed by atoms with Gasteiger partial charge < -0.3 is 10.1 Å². The van der Waals surface area contributed by atoms with Crippen molar-refractivity contribution < 1.29 is 22.7 Å². The molecule has 2 aromatic carbocycles. The third-order valence-electron chi connectivity index (χ3n) is 4.14. The summed E-state index contributed by atoms with van der Waals surface area (Å²) in [4.78, 5) is 23.8. The van der Waals surface area contributed by atoms with Crippen LogP contribution in [0.25, 0.3) is 0 Å². The van der Waals surface area contributed by atoms with Crippen LogP contribution in [0.15, 0.2) is 53.4 Å². The van der Waals surface area contributed by atoms with Gasteiger partial charge in [-0.05, 0) is 62.2 Å². The molecule has 0 aromatic heterocycles. The zero-order valence-electron chi connectivity index (χ0n) is 15.6. The number of hydrogen-bond donors (Lipinski definition) is 1. The largest absolute Gasteiger partial charge is 0.465 e. The molecule has 0 atom stereocenters. The number of rotatable bonds is 7. The quantitative estimate of drug-likeness (QED) is 0.735. The van der Waals surface area contributed by atoms with E-state index >= 15 is 0 Å². The fraction of sp³-hybridized carbons (Fsp3) is 0.300. The number of methoxy groups -OCH3 is 1. The number of ether oxygens (including phenoxy) is 1. The van der Waals surface area contributed by atoms with Gasteiger partial charge in [-0.1, -0.05) is 12.1 Å². The summed E-state index contributed by atoms with van der Waals surface area (Å²) in [5, 5.41) is 2.29. The number of benzene rings is 2. The van der Waals surface area contributed by atoms with Crippen LogP contribution in [0.4, 0.5) is 0 Å². The number of amides is 1. The van der Waals surface area contributed by atoms with Gasteiger partial charge in [-0.2, -0.15) is 0 Å². The fourth-order valence-electron chi connectivity index (χ4n) is 2.42. The minimum absolute atomic E-state index is 0.208. The SMILES string of the molecule is COC(=O)c1ccc(CCNC(=O)c2ccc(S(=O)(=O)C(C)C)cc2)cc1. The third-order valence-corrected chi connectivity index (χ3v) is 6.31. The van der Waals surface area contributed by atoms with Crippen LogP contribution < -0.4 is 5.32 Å². The van der Waals surface area contributed by atoms with Gasteiger partial charge in [-0.15, -0.1) is 0 Å². The third kappa shape index (κ3) is 5.17. The molecule has 0 saturated heterocycles. The summed E-state index contributed by atoms with van der Waals surface area (Å²) in [6.07, 6.45) is 0.604. The van der Waals surface area contributed by atoms with Crippen LogP contribution in [0.2, 0.25) is 0 Å². The van der Waals surface area contributed by atoms with Crippen LogP contribution in [0, 0.1) is 0 Å². The molecule has 0 heterocycles. The second kappa shape index (κ2) is 8.81. The van der Waals surface area contributed by atoms with Crippen molar-refractivity contribution in [3.8, 4) is 0 Å². The van der Waals surface area contributed by atoms with Crippen molar-refractivity contribution in [2.45, 2.75) is 30.4 Å². The van der Waals surface area contributed by atoms with Crippen LogP contribution in [0.3, 0.4) is 0 Å². The van der Waals surface area contributed by atoms with Crippen LogP contribution in [0.5, 0.6) is 0 Å². The highest BCUT2D eigenvalue weighted by Crippen LogP contribution is 2.16. The van der Waals surface area contributed by atoms with E-state index in [4.69, 9.17) is 0 Å². The topological polar surface area (TPSA) is 89.5 Å². The van der Waals surface area contributed by atoms with Crippen molar-refractivity contribution in [1.82, 2.24) is 5.32 Å². The smallest absolute Gasteiger partial charge is 0.337 e. The van der Waals surface area contributed by atoms with Gasteiger partial charge in [-0.3, -0.25) is 4.79 Å². The first-order chi connectivity index (χ1) is 12.8. The second-order valence-electron chi connectivity index (χ2n) is 6.31. The van der Waals surface area contributed by atoms with E-state index in [1.807, 2.05) is 12.1 Å². The average molecular weight is 389 g/mol. The number of esters is 1. The summed E-state index contributed by atoms with van der Waals surface area (Å²) < 4.78 is 28.8. The van der Waals surface area contributed by atoms with Gasteiger partial charge in [0.25, 0.3) is 5.91 Å². The Morgan fingerprint density at radius 2 is 1.52 bits per heavy atom. The summed E-state index contributed by atoms with van der Waals surface area (Å²) in [5.41, 5.74) is 1.85. The molecular weight excluding hydrogens is 366 g/mol. The molecule has 1 amide bonds. The number of hydrogen-bond acceptors (Lipinski definition) is 5. The van der Waals surface area contributed by atoms with E-state index in [1.165, 1.54) is 31.4 Å². The molecule has 0 aliphatic rings. The summed E-state index contributed by atoms with van der Waals surface area (Å²) in [6.45, 7) is 3.66. The molecule has 2 rings (SSSR count). The Morgan fingerprint density at radius 1 is 0.963 bits per heavy atom. The fourth-order valence-corrected chi connectivity index (χ4v) is 3.48. The van der Waals surface area contributed by atoms with Gasteiger partial charge in [0.15, 0.2) is 9.84 Å². The minimum Gasteiger partial charge on any atom is -0.465 e. The van der Waals surface area contributed by atoms with E-state index in [2.05, 4.69) is 10.1 Å². The van der Waals surface area contributed by atoms with Crippen molar-refractivity contribution in [3.63, 3.8) is 0 Å². The summed E-state index contributed by atoms with van der Waals surface area (Å²) in [5.74, 6) is -0.660. The van der Waals surface area contributed by atoms with Crippen LogP contribution in [0.1, 0.15) is 40.1 Å². The van der Waals surface area contributed by atoms with E-state index in [-0.39, 0.29) is 10.8 Å². The molecule has 27 heavy (non-hydrogen) atoms. The lowest BCUT2D eigenvalue weighted by molar-refractivity contribution is 0.0600. The molecule has 144 valence electrons. The van der Waals surface area contributed by atoms with Crippen molar-refractivity contribution in [3.05, 3.63) is 65.2 Å². The Bertz CT molecular complexity index is 900. The van der Waals surface area contributed by atoms with E-state index in [9.17, 15) is 18.0 Å². The molecule has 0 aliphatic carbocycles. The molecule has 0 aliphatic heterocycles. The lowest BCUT2D eigenvalue weighted by atomic mass is 10.1. The van der Waals surface area contributed by atoms with Gasteiger partial charge in [0.1, 0.15) is 0 Å². The van der Waals surface area contributed by atoms with E-state index in [0.717, 1.165) is 5.56 Å². The standard InChI is InChI=1S/C20H23NO5S/c1-14(2)27(24,25)18-10-8-16(9-11-18)19(22)21-13-12-15-4-6-17(7-5-15)20(23)26-3/h4-11,14H,12-13H2,1-3H3,(H,21,22). The highest BCUT2D eigenvalue weighted by Gasteiger charge is 2.19. The molecule has 0 bridgehead atoms. The monoisotopic (exact) mass is 389 g/mol. The summed E-state index contributed by atoms with van der Waals surface area (Å²) in [6, 6.07) is 12.9. The highest BCUT2D eigenvalue weighted by atomic mass is 32.2. The predicted molar refractivity (Wildman–Crippen MR) is 103 cm³/mol. The Labute approximate surface area is 159 Å². The minimum atomic E-state index is -3.35. The van der Waals surface area contributed by atoms with Crippen LogP contribution in [-0.2, 0) is 21.0 Å². The maximum absolute atomic E-state index is 12.2. The van der Waals surface area contributed by atoms with E-state index in [1.54, 1.807) is 26.0 Å². The summed E-state index contributed by atoms with van der Waals surface area (Å²) in [7, 11) is -2.02. The van der Waals surface area contributed by atoms with Crippen molar-refractivity contribution in [1.29, 1.82) is 0 Å². The number of sulfone groups is 1. The van der Waals surface area contributed by atoms with Crippen LogP contribution >= 0.6 is 0 Å². The molecule has 0 radical (unpaired) electrons. The number of carbonyl (C=O) groups excluding carboxylic acids is 2. The molecule has 0 spiro atoms. The Morgan fingerprint density at radius 3 is 2.04 bits per heavy atom. The molecular formula is C20H23NO5S. The van der Waals surface area contributed by atoms with Gasteiger partial charge in [0, 0.05) is 12.1 Å². The Kier molecular flexibility index (Phi) is 6.74.